The predicted octanol–water partition coefficient (Wildman–Crippen LogP) is 4.87. The SMILES string of the molecule is CCCCCCCCCCNc1ccc(C(N)=S)cc1. The summed E-state index contributed by atoms with van der Waals surface area (Å²) < 4.78 is 0. The van der Waals surface area contributed by atoms with Gasteiger partial charge in [-0.15, -0.1) is 0 Å². The van der Waals surface area contributed by atoms with E-state index in [4.69, 9.17) is 18.0 Å². The number of anilines is 1. The topological polar surface area (TPSA) is 38.0 Å². The molecule has 0 aromatic heterocycles. The zero-order chi connectivity index (χ0) is 14.6. The second kappa shape index (κ2) is 10.7. The quantitative estimate of drug-likeness (QED) is 0.451. The van der Waals surface area contributed by atoms with E-state index in [9.17, 15) is 0 Å². The molecule has 0 aliphatic carbocycles. The summed E-state index contributed by atoms with van der Waals surface area (Å²) in [7, 11) is 0. The molecule has 1 aromatic rings. The van der Waals surface area contributed by atoms with Crippen molar-refractivity contribution in [2.45, 2.75) is 58.3 Å². The van der Waals surface area contributed by atoms with Crippen molar-refractivity contribution in [3.05, 3.63) is 29.8 Å². The summed E-state index contributed by atoms with van der Waals surface area (Å²) >= 11 is 4.94. The van der Waals surface area contributed by atoms with Gasteiger partial charge in [-0.05, 0) is 30.7 Å². The van der Waals surface area contributed by atoms with Crippen LogP contribution in [0.15, 0.2) is 24.3 Å². The van der Waals surface area contributed by atoms with E-state index < -0.39 is 0 Å². The van der Waals surface area contributed by atoms with Gasteiger partial charge in [-0.2, -0.15) is 0 Å². The summed E-state index contributed by atoms with van der Waals surface area (Å²) in [6, 6.07) is 8.02. The fourth-order valence-corrected chi connectivity index (χ4v) is 2.38. The van der Waals surface area contributed by atoms with Gasteiger partial charge in [0.25, 0.3) is 0 Å². The van der Waals surface area contributed by atoms with Crippen LogP contribution in [0.25, 0.3) is 0 Å². The zero-order valence-electron chi connectivity index (χ0n) is 12.7. The molecule has 0 aliphatic rings. The van der Waals surface area contributed by atoms with Crippen LogP contribution < -0.4 is 11.1 Å². The van der Waals surface area contributed by atoms with Crippen molar-refractivity contribution < 1.29 is 0 Å². The maximum Gasteiger partial charge on any atom is 0.103 e. The first-order chi connectivity index (χ1) is 9.74. The van der Waals surface area contributed by atoms with Crippen molar-refractivity contribution in [1.29, 1.82) is 0 Å². The Labute approximate surface area is 129 Å². The van der Waals surface area contributed by atoms with Crippen LogP contribution in [-0.2, 0) is 0 Å². The summed E-state index contributed by atoms with van der Waals surface area (Å²) in [5, 5.41) is 3.44. The summed E-state index contributed by atoms with van der Waals surface area (Å²) in [6.45, 7) is 3.31. The van der Waals surface area contributed by atoms with Crippen LogP contribution in [0.3, 0.4) is 0 Å². The van der Waals surface area contributed by atoms with Gasteiger partial charge in [0.2, 0.25) is 0 Å². The van der Waals surface area contributed by atoms with Crippen molar-refractivity contribution in [1.82, 2.24) is 0 Å². The Morgan fingerprint density at radius 1 is 0.950 bits per heavy atom. The lowest BCUT2D eigenvalue weighted by Gasteiger charge is -2.07. The van der Waals surface area contributed by atoms with Crippen LogP contribution in [-0.4, -0.2) is 11.5 Å². The smallest absolute Gasteiger partial charge is 0.103 e. The number of nitrogens with one attached hydrogen (secondary N) is 1. The van der Waals surface area contributed by atoms with Gasteiger partial charge in [0.1, 0.15) is 4.99 Å². The standard InChI is InChI=1S/C17H28N2S/c1-2-3-4-5-6-7-8-9-14-19-16-12-10-15(11-13-16)17(18)20/h10-13,19H,2-9,14H2,1H3,(H2,18,20). The van der Waals surface area contributed by atoms with Crippen LogP contribution >= 0.6 is 12.2 Å². The molecular weight excluding hydrogens is 264 g/mol. The van der Waals surface area contributed by atoms with Crippen LogP contribution in [0, 0.1) is 0 Å². The van der Waals surface area contributed by atoms with Gasteiger partial charge >= 0.3 is 0 Å². The molecule has 112 valence electrons. The fraction of sp³-hybridized carbons (Fsp3) is 0.588. The Morgan fingerprint density at radius 2 is 1.50 bits per heavy atom. The maximum absolute atomic E-state index is 5.57. The molecule has 0 saturated carbocycles. The lowest BCUT2D eigenvalue weighted by Crippen LogP contribution is -2.09. The van der Waals surface area contributed by atoms with E-state index in [1.165, 1.54) is 51.4 Å². The van der Waals surface area contributed by atoms with Crippen LogP contribution in [0.1, 0.15) is 63.9 Å². The summed E-state index contributed by atoms with van der Waals surface area (Å²) in [5.74, 6) is 0. The van der Waals surface area contributed by atoms with Gasteiger partial charge < -0.3 is 11.1 Å². The molecule has 2 nitrogen and oxygen atoms in total. The predicted molar refractivity (Wildman–Crippen MR) is 93.4 cm³/mol. The number of hydrogen-bond acceptors (Lipinski definition) is 2. The third-order valence-electron chi connectivity index (χ3n) is 3.53. The molecule has 3 N–H and O–H groups in total. The van der Waals surface area contributed by atoms with Crippen LogP contribution in [0.5, 0.6) is 0 Å². The first-order valence-electron chi connectivity index (χ1n) is 7.87. The van der Waals surface area contributed by atoms with Gasteiger partial charge in [-0.3, -0.25) is 0 Å². The molecule has 0 radical (unpaired) electrons. The van der Waals surface area contributed by atoms with Crippen LogP contribution in [0.2, 0.25) is 0 Å². The highest BCUT2D eigenvalue weighted by Crippen LogP contribution is 2.11. The summed E-state index contributed by atoms with van der Waals surface area (Å²) in [6.07, 6.45) is 10.9. The molecule has 3 heteroatoms. The molecule has 0 spiro atoms. The minimum atomic E-state index is 0.458. The van der Waals surface area contributed by atoms with Crippen LogP contribution in [0.4, 0.5) is 5.69 Å². The molecule has 0 fully saturated rings. The number of unbranched alkanes of at least 4 members (excludes halogenated alkanes) is 7. The van der Waals surface area contributed by atoms with E-state index in [0.29, 0.717) is 4.99 Å². The number of rotatable bonds is 11. The van der Waals surface area contributed by atoms with E-state index in [2.05, 4.69) is 12.2 Å². The van der Waals surface area contributed by atoms with Gasteiger partial charge in [-0.1, -0.05) is 64.1 Å². The second-order valence-electron chi connectivity index (χ2n) is 5.34. The third kappa shape index (κ3) is 7.49. The van der Waals surface area contributed by atoms with E-state index >= 15 is 0 Å². The molecule has 0 saturated heterocycles. The molecule has 1 aromatic carbocycles. The highest BCUT2D eigenvalue weighted by molar-refractivity contribution is 7.80. The first-order valence-corrected chi connectivity index (χ1v) is 8.28. The van der Waals surface area contributed by atoms with Crippen molar-refractivity contribution >= 4 is 22.9 Å². The molecule has 0 heterocycles. The molecule has 0 aliphatic heterocycles. The van der Waals surface area contributed by atoms with Crippen molar-refractivity contribution in [3.63, 3.8) is 0 Å². The Bertz CT molecular complexity index is 373. The molecule has 0 amide bonds. The highest BCUT2D eigenvalue weighted by atomic mass is 32.1. The Balaban J connectivity index is 2.02. The summed E-state index contributed by atoms with van der Waals surface area (Å²) in [5.41, 5.74) is 7.65. The maximum atomic E-state index is 5.57. The average Bonchev–Trinajstić information content (AvgIpc) is 2.46. The van der Waals surface area contributed by atoms with E-state index in [1.54, 1.807) is 0 Å². The molecular formula is C17H28N2S. The Hall–Kier alpha value is -1.09. The average molecular weight is 292 g/mol. The van der Waals surface area contributed by atoms with Crippen molar-refractivity contribution in [2.75, 3.05) is 11.9 Å². The summed E-state index contributed by atoms with van der Waals surface area (Å²) in [4.78, 5) is 0.458. The molecule has 0 atom stereocenters. The van der Waals surface area contributed by atoms with E-state index in [-0.39, 0.29) is 0 Å². The second-order valence-corrected chi connectivity index (χ2v) is 5.78. The Morgan fingerprint density at radius 3 is 2.05 bits per heavy atom. The molecule has 0 bridgehead atoms. The lowest BCUT2D eigenvalue weighted by molar-refractivity contribution is 0.581. The van der Waals surface area contributed by atoms with Crippen molar-refractivity contribution in [3.8, 4) is 0 Å². The number of benzene rings is 1. The van der Waals surface area contributed by atoms with Gasteiger partial charge in [0.05, 0.1) is 0 Å². The minimum Gasteiger partial charge on any atom is -0.389 e. The Kier molecular flexibility index (Phi) is 9.05. The first kappa shape index (κ1) is 17.0. The van der Waals surface area contributed by atoms with Gasteiger partial charge in [0, 0.05) is 17.8 Å². The van der Waals surface area contributed by atoms with Crippen molar-refractivity contribution in [2.24, 2.45) is 5.73 Å². The fourth-order valence-electron chi connectivity index (χ4n) is 2.24. The molecule has 1 rings (SSSR count). The minimum absolute atomic E-state index is 0.458. The molecule has 0 unspecified atom stereocenters. The molecule has 20 heavy (non-hydrogen) atoms. The normalized spacial score (nSPS) is 10.4. The largest absolute Gasteiger partial charge is 0.389 e. The number of hydrogen-bond donors (Lipinski definition) is 2. The zero-order valence-corrected chi connectivity index (χ0v) is 13.5. The van der Waals surface area contributed by atoms with Gasteiger partial charge in [0.15, 0.2) is 0 Å². The van der Waals surface area contributed by atoms with E-state index in [1.807, 2.05) is 24.3 Å². The highest BCUT2D eigenvalue weighted by Gasteiger charge is 1.96. The third-order valence-corrected chi connectivity index (χ3v) is 3.76. The number of nitrogens with two attached hydrogens (primary N) is 1. The van der Waals surface area contributed by atoms with Gasteiger partial charge in [-0.25, -0.2) is 0 Å². The number of thiocarbonyl (C=S) groups is 1. The monoisotopic (exact) mass is 292 g/mol. The lowest BCUT2D eigenvalue weighted by atomic mass is 10.1. The van der Waals surface area contributed by atoms with E-state index in [0.717, 1.165) is 17.8 Å².